The van der Waals surface area contributed by atoms with Crippen LogP contribution in [-0.4, -0.2) is 22.5 Å². The van der Waals surface area contributed by atoms with Gasteiger partial charge in [0.2, 0.25) is 0 Å². The van der Waals surface area contributed by atoms with Gasteiger partial charge in [0.15, 0.2) is 0 Å². The molecule has 17 heavy (non-hydrogen) atoms. The zero-order valence-corrected chi connectivity index (χ0v) is 11.5. The quantitative estimate of drug-likeness (QED) is 0.823. The van der Waals surface area contributed by atoms with E-state index in [2.05, 4.69) is 43.6 Å². The molecule has 0 unspecified atom stereocenters. The molecule has 0 aliphatic carbocycles. The minimum atomic E-state index is 0.514. The lowest BCUT2D eigenvalue weighted by Crippen LogP contribution is -2.34. The third kappa shape index (κ3) is 4.84. The summed E-state index contributed by atoms with van der Waals surface area (Å²) in [6.45, 7) is 11.5. The number of pyridine rings is 1. The summed E-state index contributed by atoms with van der Waals surface area (Å²) in [5.41, 5.74) is 7.70. The highest BCUT2D eigenvalue weighted by molar-refractivity contribution is 5.11. The van der Waals surface area contributed by atoms with Gasteiger partial charge in [0.1, 0.15) is 0 Å². The highest BCUT2D eigenvalue weighted by atomic mass is 15.2. The molecule has 96 valence electrons. The zero-order valence-electron chi connectivity index (χ0n) is 11.5. The van der Waals surface area contributed by atoms with Crippen molar-refractivity contribution in [2.75, 3.05) is 6.54 Å². The Balaban J connectivity index is 2.71. The fourth-order valence-electron chi connectivity index (χ4n) is 1.87. The largest absolute Gasteiger partial charge is 0.325 e. The van der Waals surface area contributed by atoms with Crippen molar-refractivity contribution in [1.82, 2.24) is 9.88 Å². The zero-order chi connectivity index (χ0) is 12.8. The van der Waals surface area contributed by atoms with E-state index >= 15 is 0 Å². The van der Waals surface area contributed by atoms with E-state index in [1.54, 1.807) is 0 Å². The Hall–Kier alpha value is -0.930. The van der Waals surface area contributed by atoms with E-state index < -0.39 is 0 Å². The lowest BCUT2D eigenvalue weighted by molar-refractivity contribution is 0.187. The van der Waals surface area contributed by atoms with Gasteiger partial charge >= 0.3 is 0 Å². The van der Waals surface area contributed by atoms with Gasteiger partial charge in [-0.3, -0.25) is 9.88 Å². The number of nitrogens with two attached hydrogens (primary N) is 1. The second-order valence-electron chi connectivity index (χ2n) is 5.24. The van der Waals surface area contributed by atoms with Gasteiger partial charge in [-0.2, -0.15) is 0 Å². The Labute approximate surface area is 105 Å². The Kier molecular flexibility index (Phi) is 5.59. The van der Waals surface area contributed by atoms with E-state index in [-0.39, 0.29) is 0 Å². The average Bonchev–Trinajstić information content (AvgIpc) is 2.27. The predicted molar refractivity (Wildman–Crippen MR) is 72.5 cm³/mol. The predicted octanol–water partition coefficient (Wildman–Crippen LogP) is 2.41. The molecule has 1 aromatic rings. The van der Waals surface area contributed by atoms with E-state index in [9.17, 15) is 0 Å². The molecule has 0 atom stereocenters. The van der Waals surface area contributed by atoms with Crippen molar-refractivity contribution < 1.29 is 0 Å². The third-order valence-electron chi connectivity index (χ3n) is 2.77. The normalized spacial score (nSPS) is 11.8. The lowest BCUT2D eigenvalue weighted by atomic mass is 10.1. The summed E-state index contributed by atoms with van der Waals surface area (Å²) in [6, 6.07) is 6.64. The Bertz CT molecular complexity index is 334. The smallest absolute Gasteiger partial charge is 0.0547 e. The summed E-state index contributed by atoms with van der Waals surface area (Å²) >= 11 is 0. The molecule has 0 aliphatic rings. The molecular formula is C14H25N3. The summed E-state index contributed by atoms with van der Waals surface area (Å²) in [5.74, 6) is 0.676. The van der Waals surface area contributed by atoms with Crippen LogP contribution in [-0.2, 0) is 13.1 Å². The first kappa shape index (κ1) is 14.1. The van der Waals surface area contributed by atoms with Crippen LogP contribution >= 0.6 is 0 Å². The highest BCUT2D eigenvalue weighted by Crippen LogP contribution is 2.10. The molecule has 3 nitrogen and oxygen atoms in total. The van der Waals surface area contributed by atoms with Gasteiger partial charge in [-0.1, -0.05) is 19.9 Å². The topological polar surface area (TPSA) is 42.1 Å². The molecule has 0 bridgehead atoms. The SMILES string of the molecule is CC(C)CN(Cc1cccc(CN)n1)C(C)C. The van der Waals surface area contributed by atoms with Crippen molar-refractivity contribution in [2.45, 2.75) is 46.8 Å². The third-order valence-corrected chi connectivity index (χ3v) is 2.77. The first-order valence-corrected chi connectivity index (χ1v) is 6.41. The van der Waals surface area contributed by atoms with E-state index in [0.717, 1.165) is 24.5 Å². The number of rotatable bonds is 6. The van der Waals surface area contributed by atoms with Crippen molar-refractivity contribution in [2.24, 2.45) is 11.7 Å². The van der Waals surface area contributed by atoms with Gasteiger partial charge in [0, 0.05) is 25.7 Å². The van der Waals surface area contributed by atoms with Crippen LogP contribution in [0.5, 0.6) is 0 Å². The molecule has 3 heteroatoms. The molecule has 0 fully saturated rings. The summed E-state index contributed by atoms with van der Waals surface area (Å²) in [4.78, 5) is 7.01. The number of aromatic nitrogens is 1. The van der Waals surface area contributed by atoms with Crippen molar-refractivity contribution in [3.05, 3.63) is 29.6 Å². The molecule has 0 saturated carbocycles. The summed E-state index contributed by atoms with van der Waals surface area (Å²) in [5, 5.41) is 0. The van der Waals surface area contributed by atoms with Crippen LogP contribution in [0.25, 0.3) is 0 Å². The van der Waals surface area contributed by atoms with E-state index in [1.165, 1.54) is 0 Å². The number of nitrogens with zero attached hydrogens (tertiary/aromatic N) is 2. The molecule has 0 aromatic carbocycles. The monoisotopic (exact) mass is 235 g/mol. The van der Waals surface area contributed by atoms with Crippen LogP contribution in [0.2, 0.25) is 0 Å². The van der Waals surface area contributed by atoms with Crippen molar-refractivity contribution in [3.63, 3.8) is 0 Å². The van der Waals surface area contributed by atoms with Crippen LogP contribution < -0.4 is 5.73 Å². The molecule has 0 saturated heterocycles. The molecule has 1 heterocycles. The second-order valence-corrected chi connectivity index (χ2v) is 5.24. The Morgan fingerprint density at radius 2 is 1.82 bits per heavy atom. The molecule has 2 N–H and O–H groups in total. The molecule has 0 spiro atoms. The number of hydrogen-bond donors (Lipinski definition) is 1. The van der Waals surface area contributed by atoms with Gasteiger partial charge in [-0.05, 0) is 31.9 Å². The van der Waals surface area contributed by atoms with Crippen LogP contribution in [0.1, 0.15) is 39.1 Å². The van der Waals surface area contributed by atoms with Gasteiger partial charge in [-0.15, -0.1) is 0 Å². The average molecular weight is 235 g/mol. The maximum atomic E-state index is 5.61. The first-order valence-electron chi connectivity index (χ1n) is 6.41. The van der Waals surface area contributed by atoms with Crippen molar-refractivity contribution in [1.29, 1.82) is 0 Å². The minimum Gasteiger partial charge on any atom is -0.325 e. The molecule has 1 rings (SSSR count). The molecular weight excluding hydrogens is 210 g/mol. The fourth-order valence-corrected chi connectivity index (χ4v) is 1.87. The summed E-state index contributed by atoms with van der Waals surface area (Å²) in [7, 11) is 0. The first-order chi connectivity index (χ1) is 8.02. The van der Waals surface area contributed by atoms with Crippen molar-refractivity contribution in [3.8, 4) is 0 Å². The lowest BCUT2D eigenvalue weighted by Gasteiger charge is -2.27. The van der Waals surface area contributed by atoms with Crippen molar-refractivity contribution >= 4 is 0 Å². The van der Waals surface area contributed by atoms with Gasteiger partial charge < -0.3 is 5.73 Å². The standard InChI is InChI=1S/C14H25N3/c1-11(2)9-17(12(3)4)10-14-7-5-6-13(8-15)16-14/h5-7,11-12H,8-10,15H2,1-4H3. The highest BCUT2D eigenvalue weighted by Gasteiger charge is 2.12. The molecule has 1 aromatic heterocycles. The maximum Gasteiger partial charge on any atom is 0.0547 e. The van der Waals surface area contributed by atoms with Gasteiger partial charge in [-0.25, -0.2) is 0 Å². The van der Waals surface area contributed by atoms with Gasteiger partial charge in [0.25, 0.3) is 0 Å². The Morgan fingerprint density at radius 3 is 2.35 bits per heavy atom. The van der Waals surface area contributed by atoms with E-state index in [0.29, 0.717) is 18.5 Å². The molecule has 0 amide bonds. The second kappa shape index (κ2) is 6.72. The number of hydrogen-bond acceptors (Lipinski definition) is 3. The Morgan fingerprint density at radius 1 is 1.18 bits per heavy atom. The van der Waals surface area contributed by atoms with Crippen LogP contribution in [0.15, 0.2) is 18.2 Å². The fraction of sp³-hybridized carbons (Fsp3) is 0.643. The van der Waals surface area contributed by atoms with Crippen LogP contribution in [0, 0.1) is 5.92 Å². The van der Waals surface area contributed by atoms with E-state index in [1.807, 2.05) is 12.1 Å². The van der Waals surface area contributed by atoms with Crippen LogP contribution in [0.4, 0.5) is 0 Å². The molecule has 0 aliphatic heterocycles. The van der Waals surface area contributed by atoms with E-state index in [4.69, 9.17) is 5.73 Å². The van der Waals surface area contributed by atoms with Gasteiger partial charge in [0.05, 0.1) is 11.4 Å². The molecule has 0 radical (unpaired) electrons. The maximum absolute atomic E-state index is 5.61. The summed E-state index contributed by atoms with van der Waals surface area (Å²) < 4.78 is 0. The minimum absolute atomic E-state index is 0.514. The van der Waals surface area contributed by atoms with Crippen LogP contribution in [0.3, 0.4) is 0 Å². The summed E-state index contributed by atoms with van der Waals surface area (Å²) in [6.07, 6.45) is 0.